The molecule has 0 spiro atoms. The number of nitrogens with two attached hydrogens (primary N) is 1. The van der Waals surface area contributed by atoms with Crippen LogP contribution in [0.25, 0.3) is 0 Å². The van der Waals surface area contributed by atoms with E-state index in [1.165, 1.54) is 0 Å². The average Bonchev–Trinajstić information content (AvgIpc) is 2.97. The first-order valence-corrected chi connectivity index (χ1v) is 13.5. The number of carbonyl (C=O) groups is 4. The molecule has 10 heteroatoms. The third kappa shape index (κ3) is 9.55. The molecule has 0 aliphatic carbocycles. The second-order valence-corrected chi connectivity index (χ2v) is 9.75. The fourth-order valence-electron chi connectivity index (χ4n) is 4.07. The zero-order chi connectivity index (χ0) is 28.9. The summed E-state index contributed by atoms with van der Waals surface area (Å²) in [7, 11) is 0. The van der Waals surface area contributed by atoms with Gasteiger partial charge in [-0.25, -0.2) is 4.79 Å². The molecule has 4 atom stereocenters. The van der Waals surface area contributed by atoms with Crippen LogP contribution >= 0.6 is 12.6 Å². The average molecular weight is 563 g/mol. The Kier molecular flexibility index (Phi) is 11.7. The fraction of sp³-hybridized carbons (Fsp3) is 0.267. The normalized spacial score (nSPS) is 13.8. The molecular weight excluding hydrogens is 528 g/mol. The molecule has 0 aliphatic rings. The van der Waals surface area contributed by atoms with Gasteiger partial charge in [-0.1, -0.05) is 91.0 Å². The summed E-state index contributed by atoms with van der Waals surface area (Å²) < 4.78 is 0. The highest BCUT2D eigenvalue weighted by Gasteiger charge is 2.30. The molecule has 0 aliphatic heterocycles. The summed E-state index contributed by atoms with van der Waals surface area (Å²) in [6, 6.07) is 22.8. The maximum Gasteiger partial charge on any atom is 0.326 e. The van der Waals surface area contributed by atoms with Gasteiger partial charge in [0, 0.05) is 25.0 Å². The lowest BCUT2D eigenvalue weighted by molar-refractivity contribution is -0.142. The number of hydrogen-bond donors (Lipinski definition) is 6. The van der Waals surface area contributed by atoms with E-state index in [1.807, 2.05) is 42.5 Å². The maximum atomic E-state index is 13.5. The minimum absolute atomic E-state index is 0.0716. The number of carboxylic acids is 1. The van der Waals surface area contributed by atoms with Gasteiger partial charge in [-0.05, 0) is 16.7 Å². The largest absolute Gasteiger partial charge is 0.480 e. The number of rotatable bonds is 14. The molecule has 0 heterocycles. The zero-order valence-electron chi connectivity index (χ0n) is 21.9. The van der Waals surface area contributed by atoms with Gasteiger partial charge in [0.25, 0.3) is 0 Å². The summed E-state index contributed by atoms with van der Waals surface area (Å²) in [4.78, 5) is 51.5. The van der Waals surface area contributed by atoms with E-state index >= 15 is 0 Å². The monoisotopic (exact) mass is 562 g/mol. The molecule has 210 valence electrons. The molecule has 0 bridgehead atoms. The van der Waals surface area contributed by atoms with Crippen LogP contribution in [0.4, 0.5) is 0 Å². The Bertz CT molecular complexity index is 1260. The lowest BCUT2D eigenvalue weighted by atomic mass is 10.0. The minimum atomic E-state index is -1.21. The summed E-state index contributed by atoms with van der Waals surface area (Å²) in [5, 5.41) is 17.8. The van der Waals surface area contributed by atoms with Crippen LogP contribution in [0.1, 0.15) is 16.7 Å². The Balaban J connectivity index is 1.83. The van der Waals surface area contributed by atoms with Crippen molar-refractivity contribution in [3.8, 4) is 0 Å². The predicted octanol–water partition coefficient (Wildman–Crippen LogP) is 1.51. The van der Waals surface area contributed by atoms with E-state index in [0.717, 1.165) is 16.7 Å². The molecule has 3 aromatic rings. The van der Waals surface area contributed by atoms with Gasteiger partial charge in [-0.15, -0.1) is 0 Å². The number of nitrogens with one attached hydrogen (secondary N) is 3. The van der Waals surface area contributed by atoms with Crippen molar-refractivity contribution in [2.24, 2.45) is 5.73 Å². The van der Waals surface area contributed by atoms with Gasteiger partial charge in [0.05, 0.1) is 6.04 Å². The Morgan fingerprint density at radius 3 is 1.27 bits per heavy atom. The second-order valence-electron chi connectivity index (χ2n) is 9.38. The standard InChI is InChI=1S/C30H34N4O5S/c31-23(19-40)27(35)32-24(16-20-10-4-1-5-11-20)28(36)33-25(17-21-12-6-2-7-13-21)29(37)34-26(30(38)39)18-22-14-8-3-9-15-22/h1-15,23-26,40H,16-19,31H2,(H,32,35)(H,33,36)(H,34,37)(H,38,39)/t23-,24-,25-,26-/m0/s1. The van der Waals surface area contributed by atoms with Crippen molar-refractivity contribution >= 4 is 36.3 Å². The van der Waals surface area contributed by atoms with Crippen molar-refractivity contribution in [2.45, 2.75) is 43.4 Å². The summed E-state index contributed by atoms with van der Waals surface area (Å²) >= 11 is 4.06. The topological polar surface area (TPSA) is 151 Å². The number of amides is 3. The molecular formula is C30H34N4O5S. The molecule has 6 N–H and O–H groups in total. The van der Waals surface area contributed by atoms with Crippen LogP contribution in [-0.4, -0.2) is 58.7 Å². The molecule has 0 saturated heterocycles. The van der Waals surface area contributed by atoms with Gasteiger partial charge in [0.15, 0.2) is 0 Å². The Hall–Kier alpha value is -4.15. The van der Waals surface area contributed by atoms with Gasteiger partial charge in [0.1, 0.15) is 18.1 Å². The summed E-state index contributed by atoms with van der Waals surface area (Å²) in [6.45, 7) is 0. The minimum Gasteiger partial charge on any atom is -0.480 e. The van der Waals surface area contributed by atoms with Crippen LogP contribution in [0.2, 0.25) is 0 Å². The van der Waals surface area contributed by atoms with Gasteiger partial charge < -0.3 is 26.8 Å². The van der Waals surface area contributed by atoms with E-state index in [9.17, 15) is 24.3 Å². The Labute approximate surface area is 239 Å². The van der Waals surface area contributed by atoms with Crippen molar-refractivity contribution in [3.63, 3.8) is 0 Å². The lowest BCUT2D eigenvalue weighted by Gasteiger charge is -2.25. The summed E-state index contributed by atoms with van der Waals surface area (Å²) in [6.07, 6.45) is 0.337. The highest BCUT2D eigenvalue weighted by atomic mass is 32.1. The molecule has 3 rings (SSSR count). The molecule has 9 nitrogen and oxygen atoms in total. The maximum absolute atomic E-state index is 13.5. The zero-order valence-corrected chi connectivity index (χ0v) is 22.8. The van der Waals surface area contributed by atoms with Gasteiger partial charge >= 0.3 is 5.97 Å². The quantitative estimate of drug-likeness (QED) is 0.164. The molecule has 40 heavy (non-hydrogen) atoms. The van der Waals surface area contributed by atoms with Crippen LogP contribution in [0, 0.1) is 0 Å². The number of carbonyl (C=O) groups excluding carboxylic acids is 3. The molecule has 0 saturated carbocycles. The number of aliphatic carboxylic acids is 1. The number of carboxylic acid groups (broad SMARTS) is 1. The van der Waals surface area contributed by atoms with Crippen LogP contribution in [-0.2, 0) is 38.4 Å². The second kappa shape index (κ2) is 15.4. The van der Waals surface area contributed by atoms with Gasteiger partial charge in [-0.3, -0.25) is 14.4 Å². The van der Waals surface area contributed by atoms with E-state index in [2.05, 4.69) is 28.6 Å². The highest BCUT2D eigenvalue weighted by molar-refractivity contribution is 7.80. The smallest absolute Gasteiger partial charge is 0.326 e. The number of thiol groups is 1. The molecule has 0 unspecified atom stereocenters. The molecule has 0 radical (unpaired) electrons. The van der Waals surface area contributed by atoms with Crippen molar-refractivity contribution < 1.29 is 24.3 Å². The van der Waals surface area contributed by atoms with E-state index in [-0.39, 0.29) is 25.0 Å². The Morgan fingerprint density at radius 2 is 0.925 bits per heavy atom. The van der Waals surface area contributed by atoms with Gasteiger partial charge in [-0.2, -0.15) is 12.6 Å². The summed E-state index contributed by atoms with van der Waals surface area (Å²) in [5.74, 6) is -2.92. The predicted molar refractivity (Wildman–Crippen MR) is 156 cm³/mol. The number of hydrogen-bond acceptors (Lipinski definition) is 6. The first kappa shape index (κ1) is 30.4. The van der Waals surface area contributed by atoms with E-state index in [1.54, 1.807) is 48.5 Å². The first-order valence-electron chi connectivity index (χ1n) is 12.9. The molecule has 0 fully saturated rings. The third-order valence-corrected chi connectivity index (χ3v) is 6.66. The fourth-order valence-corrected chi connectivity index (χ4v) is 4.24. The first-order chi connectivity index (χ1) is 19.3. The van der Waals surface area contributed by atoms with Crippen molar-refractivity contribution in [1.82, 2.24) is 16.0 Å². The van der Waals surface area contributed by atoms with Crippen LogP contribution in [0.3, 0.4) is 0 Å². The van der Waals surface area contributed by atoms with Crippen LogP contribution in [0.5, 0.6) is 0 Å². The highest BCUT2D eigenvalue weighted by Crippen LogP contribution is 2.09. The van der Waals surface area contributed by atoms with Crippen LogP contribution < -0.4 is 21.7 Å². The van der Waals surface area contributed by atoms with Gasteiger partial charge in [0.2, 0.25) is 17.7 Å². The van der Waals surface area contributed by atoms with Crippen molar-refractivity contribution in [2.75, 3.05) is 5.75 Å². The van der Waals surface area contributed by atoms with E-state index in [0.29, 0.717) is 0 Å². The van der Waals surface area contributed by atoms with Crippen molar-refractivity contribution in [3.05, 3.63) is 108 Å². The third-order valence-electron chi connectivity index (χ3n) is 6.26. The summed E-state index contributed by atoms with van der Waals surface area (Å²) in [5.41, 5.74) is 8.11. The van der Waals surface area contributed by atoms with E-state index in [4.69, 9.17) is 5.73 Å². The molecule has 0 aromatic heterocycles. The molecule has 3 amide bonds. The number of benzene rings is 3. The SMILES string of the molecule is N[C@@H](CS)C(=O)N[C@@H](Cc1ccccc1)C(=O)N[C@@H](Cc1ccccc1)C(=O)N[C@@H](Cc1ccccc1)C(=O)O. The molecule has 3 aromatic carbocycles. The van der Waals surface area contributed by atoms with E-state index < -0.39 is 47.9 Å². The Morgan fingerprint density at radius 1 is 0.600 bits per heavy atom. The van der Waals surface area contributed by atoms with Crippen LogP contribution in [0.15, 0.2) is 91.0 Å². The lowest BCUT2D eigenvalue weighted by Crippen LogP contribution is -2.58. The van der Waals surface area contributed by atoms with Crippen molar-refractivity contribution in [1.29, 1.82) is 0 Å².